The lowest BCUT2D eigenvalue weighted by molar-refractivity contribution is -0.135. The van der Waals surface area contributed by atoms with Gasteiger partial charge in [0.2, 0.25) is 0 Å². The quantitative estimate of drug-likeness (QED) is 0.623. The maximum absolute atomic E-state index is 12.6. The molecule has 5 atom stereocenters. The summed E-state index contributed by atoms with van der Waals surface area (Å²) >= 11 is 4.32. The first kappa shape index (κ1) is 13.8. The smallest absolute Gasteiger partial charge is 0.139 e. The van der Waals surface area contributed by atoms with E-state index in [1.807, 2.05) is 0 Å². The van der Waals surface area contributed by atoms with Crippen molar-refractivity contribution in [1.82, 2.24) is 0 Å². The van der Waals surface area contributed by atoms with Crippen LogP contribution in [-0.4, -0.2) is 21.4 Å². The van der Waals surface area contributed by atoms with Crippen molar-refractivity contribution in [3.05, 3.63) is 11.6 Å². The van der Waals surface area contributed by atoms with Crippen molar-refractivity contribution in [2.24, 2.45) is 35.0 Å². The highest BCUT2D eigenvalue weighted by Gasteiger charge is 2.67. The molecule has 1 heterocycles. The van der Waals surface area contributed by atoms with Gasteiger partial charge in [-0.2, -0.15) is 0 Å². The molecular formula is C17H24OS2. The van der Waals surface area contributed by atoms with Gasteiger partial charge in [-0.3, -0.25) is 4.79 Å². The SMILES string of the molecule is CC1=CC2(SCCS2)[C@H]2[C@@H](C)[C@@H]3CC(=O)C(C)(C)[C@H]2[C@H]13. The largest absolute Gasteiger partial charge is 0.299 e. The molecule has 4 aliphatic rings. The van der Waals surface area contributed by atoms with Crippen LogP contribution in [0.5, 0.6) is 0 Å². The van der Waals surface area contributed by atoms with Crippen molar-refractivity contribution in [3.63, 3.8) is 0 Å². The summed E-state index contributed by atoms with van der Waals surface area (Å²) in [5.41, 5.74) is 1.46. The number of Topliss-reactive ketones (excluding diaryl/α,β-unsaturated/α-hetero) is 1. The van der Waals surface area contributed by atoms with Crippen molar-refractivity contribution >= 4 is 29.3 Å². The normalized spacial score (nSPS) is 47.7. The van der Waals surface area contributed by atoms with Gasteiger partial charge in [0.1, 0.15) is 5.78 Å². The molecule has 1 saturated heterocycles. The standard InChI is InChI=1S/C17H24OS2/c1-9-8-17(19-5-6-20-17)14-10(2)11-7-12(18)16(3,4)15(14)13(9)11/h8,10-11,13-15H,5-7H2,1-4H3/t10-,11-,13+,14-,15-/m0/s1. The fourth-order valence-corrected chi connectivity index (χ4v) is 9.53. The highest BCUT2D eigenvalue weighted by atomic mass is 32.2. The Morgan fingerprint density at radius 2 is 1.85 bits per heavy atom. The van der Waals surface area contributed by atoms with Gasteiger partial charge in [0.25, 0.3) is 0 Å². The Morgan fingerprint density at radius 3 is 2.50 bits per heavy atom. The summed E-state index contributed by atoms with van der Waals surface area (Å²) in [4.78, 5) is 12.6. The molecular weight excluding hydrogens is 284 g/mol. The molecule has 0 aromatic heterocycles. The summed E-state index contributed by atoms with van der Waals surface area (Å²) in [6.45, 7) is 9.23. The van der Waals surface area contributed by atoms with E-state index in [4.69, 9.17) is 0 Å². The van der Waals surface area contributed by atoms with E-state index in [9.17, 15) is 4.79 Å². The van der Waals surface area contributed by atoms with Crippen LogP contribution < -0.4 is 0 Å². The zero-order valence-corrected chi connectivity index (χ0v) is 14.4. The number of hydrogen-bond acceptors (Lipinski definition) is 3. The first-order chi connectivity index (χ1) is 9.38. The Labute approximate surface area is 130 Å². The topological polar surface area (TPSA) is 17.1 Å². The molecule has 1 spiro atoms. The van der Waals surface area contributed by atoms with Crippen molar-refractivity contribution in [2.75, 3.05) is 11.5 Å². The molecule has 2 saturated carbocycles. The third kappa shape index (κ3) is 1.47. The monoisotopic (exact) mass is 308 g/mol. The van der Waals surface area contributed by atoms with Gasteiger partial charge >= 0.3 is 0 Å². The number of allylic oxidation sites excluding steroid dienone is 1. The van der Waals surface area contributed by atoms with Crippen LogP contribution in [0.1, 0.15) is 34.1 Å². The minimum Gasteiger partial charge on any atom is -0.299 e. The Morgan fingerprint density at radius 1 is 1.20 bits per heavy atom. The van der Waals surface area contributed by atoms with Crippen LogP contribution in [0.15, 0.2) is 11.6 Å². The lowest BCUT2D eigenvalue weighted by atomic mass is 9.58. The molecule has 3 aliphatic carbocycles. The number of hydrogen-bond donors (Lipinski definition) is 0. The molecule has 0 unspecified atom stereocenters. The number of carbonyl (C=O) groups is 1. The van der Waals surface area contributed by atoms with Gasteiger partial charge < -0.3 is 0 Å². The highest BCUT2D eigenvalue weighted by Crippen LogP contribution is 2.71. The van der Waals surface area contributed by atoms with E-state index in [-0.39, 0.29) is 9.49 Å². The van der Waals surface area contributed by atoms with E-state index < -0.39 is 0 Å². The van der Waals surface area contributed by atoms with Crippen molar-refractivity contribution in [1.29, 1.82) is 0 Å². The van der Waals surface area contributed by atoms with E-state index in [0.29, 0.717) is 35.4 Å². The molecule has 3 heteroatoms. The van der Waals surface area contributed by atoms with E-state index in [1.54, 1.807) is 5.57 Å². The summed E-state index contributed by atoms with van der Waals surface area (Å²) in [5.74, 6) is 6.32. The maximum atomic E-state index is 12.6. The van der Waals surface area contributed by atoms with Crippen LogP contribution in [0.25, 0.3) is 0 Å². The van der Waals surface area contributed by atoms with E-state index in [1.165, 1.54) is 11.5 Å². The number of fused-ring (bicyclic) bond motifs is 1. The van der Waals surface area contributed by atoms with Crippen molar-refractivity contribution < 1.29 is 4.79 Å². The third-order valence-corrected chi connectivity index (χ3v) is 10.1. The second-order valence-corrected chi connectivity index (χ2v) is 10.8. The second kappa shape index (κ2) is 4.10. The van der Waals surface area contributed by atoms with Crippen LogP contribution in [0.2, 0.25) is 0 Å². The van der Waals surface area contributed by atoms with Gasteiger partial charge in [-0.05, 0) is 36.5 Å². The molecule has 4 bridgehead atoms. The molecule has 4 rings (SSSR count). The minimum absolute atomic E-state index is 0.122. The van der Waals surface area contributed by atoms with Crippen LogP contribution in [0.3, 0.4) is 0 Å². The predicted molar refractivity (Wildman–Crippen MR) is 87.9 cm³/mol. The highest BCUT2D eigenvalue weighted by molar-refractivity contribution is 8.21. The van der Waals surface area contributed by atoms with Gasteiger partial charge in [0.15, 0.2) is 0 Å². The molecule has 1 aliphatic heterocycles. The first-order valence-corrected chi connectivity index (χ1v) is 9.86. The molecule has 0 aromatic carbocycles. The Balaban J connectivity index is 1.90. The van der Waals surface area contributed by atoms with E-state index >= 15 is 0 Å². The molecule has 110 valence electrons. The number of carbonyl (C=O) groups excluding carboxylic acids is 1. The summed E-state index contributed by atoms with van der Waals surface area (Å²) in [5, 5.41) is 0. The summed E-state index contributed by atoms with van der Waals surface area (Å²) in [7, 11) is 0. The average molecular weight is 309 g/mol. The Hall–Kier alpha value is 0.110. The number of ketones is 1. The molecule has 0 radical (unpaired) electrons. The summed E-state index contributed by atoms with van der Waals surface area (Å²) in [6.07, 6.45) is 3.42. The fraction of sp³-hybridized carbons (Fsp3) is 0.824. The average Bonchev–Trinajstić information content (AvgIpc) is 2.89. The molecule has 3 fully saturated rings. The van der Waals surface area contributed by atoms with Gasteiger partial charge in [0.05, 0.1) is 4.08 Å². The third-order valence-electron chi connectivity index (χ3n) is 6.61. The van der Waals surface area contributed by atoms with Crippen LogP contribution in [0, 0.1) is 35.0 Å². The van der Waals surface area contributed by atoms with Crippen molar-refractivity contribution in [3.8, 4) is 0 Å². The van der Waals surface area contributed by atoms with Crippen LogP contribution in [0.4, 0.5) is 0 Å². The first-order valence-electron chi connectivity index (χ1n) is 7.89. The molecule has 0 N–H and O–H groups in total. The fourth-order valence-electron chi connectivity index (χ4n) is 5.75. The molecule has 0 amide bonds. The van der Waals surface area contributed by atoms with Crippen LogP contribution in [-0.2, 0) is 4.79 Å². The zero-order valence-electron chi connectivity index (χ0n) is 12.8. The van der Waals surface area contributed by atoms with Gasteiger partial charge in [0, 0.05) is 23.3 Å². The number of rotatable bonds is 0. The van der Waals surface area contributed by atoms with E-state index in [0.717, 1.165) is 6.42 Å². The Bertz CT molecular complexity index is 501. The number of thioether (sulfide) groups is 2. The zero-order chi connectivity index (χ0) is 14.3. The molecule has 20 heavy (non-hydrogen) atoms. The van der Waals surface area contributed by atoms with Crippen molar-refractivity contribution in [2.45, 2.75) is 38.2 Å². The molecule has 0 aromatic rings. The van der Waals surface area contributed by atoms with Gasteiger partial charge in [-0.1, -0.05) is 32.4 Å². The van der Waals surface area contributed by atoms with E-state index in [2.05, 4.69) is 57.3 Å². The van der Waals surface area contributed by atoms with Gasteiger partial charge in [-0.25, -0.2) is 0 Å². The second-order valence-electron chi connectivity index (χ2n) is 7.76. The maximum Gasteiger partial charge on any atom is 0.139 e. The molecule has 1 nitrogen and oxygen atoms in total. The summed E-state index contributed by atoms with van der Waals surface area (Å²) in [6, 6.07) is 0. The predicted octanol–water partition coefficient (Wildman–Crippen LogP) is 4.24. The van der Waals surface area contributed by atoms with Crippen LogP contribution >= 0.6 is 23.5 Å². The summed E-state index contributed by atoms with van der Waals surface area (Å²) < 4.78 is 0.279. The van der Waals surface area contributed by atoms with Gasteiger partial charge in [-0.15, -0.1) is 23.5 Å². The lowest BCUT2D eigenvalue weighted by Crippen LogP contribution is -2.49. The minimum atomic E-state index is -0.122. The lowest BCUT2D eigenvalue weighted by Gasteiger charge is -2.49. The Kier molecular flexibility index (Phi) is 2.82.